The Hall–Kier alpha value is -1.82. The minimum absolute atomic E-state index is 0.0304. The van der Waals surface area contributed by atoms with Crippen LogP contribution in [0.5, 0.6) is 5.75 Å². The van der Waals surface area contributed by atoms with Crippen molar-refractivity contribution in [1.82, 2.24) is 4.90 Å². The fourth-order valence-electron chi connectivity index (χ4n) is 7.19. The first-order chi connectivity index (χ1) is 15.3. The number of carboxylic acid groups (broad SMARTS) is 1. The SMILES string of the molecule is O=C(O)[C@@H]1CCCN1C(=O)c1cc(C2CC2)c(OC2[C@@H]3CC4C[C@H]2CC(Cl)(C4)C3)cc1F. The highest BCUT2D eigenvalue weighted by atomic mass is 35.5. The van der Waals surface area contributed by atoms with E-state index in [0.29, 0.717) is 42.9 Å². The molecule has 1 saturated heterocycles. The molecule has 1 N–H and O–H groups in total. The van der Waals surface area contributed by atoms with E-state index in [1.54, 1.807) is 6.07 Å². The molecule has 0 radical (unpaired) electrons. The van der Waals surface area contributed by atoms with Crippen molar-refractivity contribution >= 4 is 23.5 Å². The number of hydrogen-bond acceptors (Lipinski definition) is 3. The Kier molecular flexibility index (Phi) is 4.76. The van der Waals surface area contributed by atoms with Gasteiger partial charge in [0.05, 0.1) is 5.56 Å². The second-order valence-electron chi connectivity index (χ2n) is 10.8. The Balaban J connectivity index is 1.29. The third-order valence-corrected chi connectivity index (χ3v) is 8.98. The molecule has 1 aromatic rings. The molecule has 7 rings (SSSR count). The van der Waals surface area contributed by atoms with Gasteiger partial charge in [-0.25, -0.2) is 9.18 Å². The summed E-state index contributed by atoms with van der Waals surface area (Å²) < 4.78 is 21.8. The Morgan fingerprint density at radius 1 is 1.12 bits per heavy atom. The van der Waals surface area contributed by atoms with Crippen LogP contribution < -0.4 is 4.74 Å². The number of carbonyl (C=O) groups is 2. The molecule has 7 heteroatoms. The van der Waals surface area contributed by atoms with Gasteiger partial charge in [0.2, 0.25) is 0 Å². The fraction of sp³-hybridized carbons (Fsp3) is 0.680. The van der Waals surface area contributed by atoms with Gasteiger partial charge >= 0.3 is 5.97 Å². The van der Waals surface area contributed by atoms with E-state index in [0.717, 1.165) is 50.5 Å². The number of halogens is 2. The highest BCUT2D eigenvalue weighted by Crippen LogP contribution is 2.59. The van der Waals surface area contributed by atoms with Crippen LogP contribution in [0.4, 0.5) is 4.39 Å². The van der Waals surface area contributed by atoms with Crippen molar-refractivity contribution in [3.63, 3.8) is 0 Å². The summed E-state index contributed by atoms with van der Waals surface area (Å²) >= 11 is 6.87. The lowest BCUT2D eigenvalue weighted by molar-refractivity contribution is -0.141. The molecular formula is C25H29ClFNO4. The molecule has 5 aliphatic carbocycles. The first-order valence-corrected chi connectivity index (χ1v) is 12.4. The zero-order valence-electron chi connectivity index (χ0n) is 18.1. The van der Waals surface area contributed by atoms with Gasteiger partial charge in [-0.1, -0.05) is 0 Å². The van der Waals surface area contributed by atoms with Crippen molar-refractivity contribution < 1.29 is 23.8 Å². The van der Waals surface area contributed by atoms with Crippen LogP contribution in [0.25, 0.3) is 0 Å². The topological polar surface area (TPSA) is 66.8 Å². The second-order valence-corrected chi connectivity index (χ2v) is 11.6. The molecule has 6 fully saturated rings. The van der Waals surface area contributed by atoms with Gasteiger partial charge in [-0.2, -0.15) is 0 Å². The smallest absolute Gasteiger partial charge is 0.326 e. The average Bonchev–Trinajstić information content (AvgIpc) is 3.43. The molecule has 1 aromatic carbocycles. The molecule has 1 amide bonds. The van der Waals surface area contributed by atoms with Gasteiger partial charge in [0.25, 0.3) is 5.91 Å². The summed E-state index contributed by atoms with van der Waals surface area (Å²) in [5.74, 6) is 0.181. The number of benzene rings is 1. The molecule has 1 aliphatic heterocycles. The van der Waals surface area contributed by atoms with E-state index >= 15 is 4.39 Å². The number of carbonyl (C=O) groups excluding carboxylic acids is 1. The highest BCUT2D eigenvalue weighted by molar-refractivity contribution is 6.24. The van der Waals surface area contributed by atoms with Gasteiger partial charge in [0.1, 0.15) is 23.7 Å². The number of nitrogens with zero attached hydrogens (tertiary/aromatic N) is 1. The first-order valence-electron chi connectivity index (χ1n) is 12.0. The first kappa shape index (κ1) is 20.8. The summed E-state index contributed by atoms with van der Waals surface area (Å²) in [6, 6.07) is 2.15. The predicted octanol–water partition coefficient (Wildman–Crippen LogP) is 4.96. The standard InChI is InChI=1S/C25H29ClFNO4/c26-25-10-13-6-15(11-25)22(16(7-13)12-25)32-21-9-19(27)18(8-17(21)14-3-4-14)23(29)28-5-1-2-20(28)24(30)31/h8-9,13-16,20,22H,1-7,10-12H2,(H,30,31)/t13?,15-,16+,20-,22?,25?/m0/s1. The van der Waals surface area contributed by atoms with E-state index in [4.69, 9.17) is 16.3 Å². The molecule has 4 bridgehead atoms. The maximum Gasteiger partial charge on any atom is 0.326 e. The Labute approximate surface area is 192 Å². The Morgan fingerprint density at radius 3 is 2.47 bits per heavy atom. The van der Waals surface area contributed by atoms with Crippen LogP contribution >= 0.6 is 11.6 Å². The summed E-state index contributed by atoms with van der Waals surface area (Å²) in [7, 11) is 0. The largest absolute Gasteiger partial charge is 0.489 e. The Morgan fingerprint density at radius 2 is 1.84 bits per heavy atom. The number of rotatable bonds is 5. The van der Waals surface area contributed by atoms with E-state index in [9.17, 15) is 14.7 Å². The van der Waals surface area contributed by atoms with Crippen LogP contribution in [0, 0.1) is 23.6 Å². The number of hydrogen-bond donors (Lipinski definition) is 1. The summed E-state index contributed by atoms with van der Waals surface area (Å²) in [5, 5.41) is 9.43. The number of amides is 1. The van der Waals surface area contributed by atoms with Crippen molar-refractivity contribution in [3.05, 3.63) is 29.1 Å². The summed E-state index contributed by atoms with van der Waals surface area (Å²) in [4.78, 5) is 25.8. The van der Waals surface area contributed by atoms with Gasteiger partial charge in [0.15, 0.2) is 0 Å². The van der Waals surface area contributed by atoms with Gasteiger partial charge in [-0.05, 0) is 93.1 Å². The quantitative estimate of drug-likeness (QED) is 0.629. The van der Waals surface area contributed by atoms with E-state index in [-0.39, 0.29) is 22.5 Å². The minimum atomic E-state index is -1.03. The lowest BCUT2D eigenvalue weighted by atomic mass is 9.54. The van der Waals surface area contributed by atoms with Crippen molar-refractivity contribution in [3.8, 4) is 5.75 Å². The van der Waals surface area contributed by atoms with Gasteiger partial charge in [-0.3, -0.25) is 4.79 Å². The van der Waals surface area contributed by atoms with Crippen molar-refractivity contribution in [2.45, 2.75) is 80.7 Å². The van der Waals surface area contributed by atoms with Crippen LogP contribution in [0.15, 0.2) is 12.1 Å². The van der Waals surface area contributed by atoms with E-state index < -0.39 is 23.7 Å². The predicted molar refractivity (Wildman–Crippen MR) is 117 cm³/mol. The maximum atomic E-state index is 15.2. The van der Waals surface area contributed by atoms with Crippen LogP contribution in [0.3, 0.4) is 0 Å². The third kappa shape index (κ3) is 3.41. The van der Waals surface area contributed by atoms with Crippen LogP contribution in [0.2, 0.25) is 0 Å². The van der Waals surface area contributed by atoms with E-state index in [1.807, 2.05) is 0 Å². The molecule has 6 aliphatic rings. The van der Waals surface area contributed by atoms with Crippen LogP contribution in [-0.4, -0.2) is 45.4 Å². The summed E-state index contributed by atoms with van der Waals surface area (Å²) in [6.07, 6.45) is 8.42. The second kappa shape index (κ2) is 7.34. The average molecular weight is 462 g/mol. The molecule has 6 atom stereocenters. The summed E-state index contributed by atoms with van der Waals surface area (Å²) in [5.41, 5.74) is 0.868. The van der Waals surface area contributed by atoms with Crippen LogP contribution in [0.1, 0.15) is 79.6 Å². The lowest BCUT2D eigenvalue weighted by Gasteiger charge is -2.57. The monoisotopic (exact) mass is 461 g/mol. The fourth-order valence-corrected chi connectivity index (χ4v) is 7.80. The molecule has 5 saturated carbocycles. The molecule has 1 heterocycles. The zero-order valence-corrected chi connectivity index (χ0v) is 18.8. The number of carboxylic acids is 1. The lowest BCUT2D eigenvalue weighted by Crippen LogP contribution is -2.56. The van der Waals surface area contributed by atoms with Crippen molar-refractivity contribution in [2.75, 3.05) is 6.54 Å². The minimum Gasteiger partial charge on any atom is -0.489 e. The maximum absolute atomic E-state index is 15.2. The van der Waals surface area contributed by atoms with Crippen LogP contribution in [-0.2, 0) is 4.79 Å². The number of likely N-dealkylation sites (tertiary alicyclic amines) is 1. The van der Waals surface area contributed by atoms with Gasteiger partial charge < -0.3 is 14.7 Å². The van der Waals surface area contributed by atoms with E-state index in [2.05, 4.69) is 0 Å². The molecule has 0 spiro atoms. The number of ether oxygens (including phenoxy) is 1. The summed E-state index contributed by atoms with van der Waals surface area (Å²) in [6.45, 7) is 0.346. The zero-order chi connectivity index (χ0) is 22.2. The normalized spacial score (nSPS) is 37.7. The molecule has 0 aromatic heterocycles. The van der Waals surface area contributed by atoms with Crippen molar-refractivity contribution in [1.29, 1.82) is 0 Å². The third-order valence-electron chi connectivity index (χ3n) is 8.52. The molecule has 3 unspecified atom stereocenters. The molecule has 32 heavy (non-hydrogen) atoms. The Bertz CT molecular complexity index is 963. The van der Waals surface area contributed by atoms with E-state index in [1.165, 1.54) is 11.0 Å². The molecule has 5 nitrogen and oxygen atoms in total. The van der Waals surface area contributed by atoms with Gasteiger partial charge in [0, 0.05) is 17.5 Å². The van der Waals surface area contributed by atoms with Crippen molar-refractivity contribution in [2.24, 2.45) is 17.8 Å². The number of aliphatic carboxylic acids is 1. The number of alkyl halides is 1. The molecule has 172 valence electrons. The molecular weight excluding hydrogens is 433 g/mol. The van der Waals surface area contributed by atoms with Gasteiger partial charge in [-0.15, -0.1) is 11.6 Å². The highest BCUT2D eigenvalue weighted by Gasteiger charge is 2.56.